The molecule has 0 saturated carbocycles. The first kappa shape index (κ1) is 17.1. The van der Waals surface area contributed by atoms with Gasteiger partial charge in [0.15, 0.2) is 0 Å². The molecule has 0 amide bonds. The van der Waals surface area contributed by atoms with E-state index in [1.165, 1.54) is 76.6 Å². The molecule has 0 atom stereocenters. The minimum absolute atomic E-state index is 1.18. The Balaban J connectivity index is 2.14. The Labute approximate surface area is 126 Å². The largest absolute Gasteiger partial charge is 0.372 e. The molecule has 1 nitrogen and oxygen atoms in total. The van der Waals surface area contributed by atoms with Crippen molar-refractivity contribution in [2.75, 3.05) is 18.0 Å². The van der Waals surface area contributed by atoms with Crippen LogP contribution in [0.25, 0.3) is 0 Å². The summed E-state index contributed by atoms with van der Waals surface area (Å²) in [7, 11) is 0. The van der Waals surface area contributed by atoms with Crippen molar-refractivity contribution in [3.8, 4) is 0 Å². The van der Waals surface area contributed by atoms with Crippen molar-refractivity contribution in [1.82, 2.24) is 0 Å². The molecule has 0 N–H and O–H groups in total. The second-order valence-corrected chi connectivity index (χ2v) is 5.80. The van der Waals surface area contributed by atoms with E-state index in [2.05, 4.69) is 49.1 Å². The zero-order valence-corrected chi connectivity index (χ0v) is 13.6. The van der Waals surface area contributed by atoms with Crippen LogP contribution < -0.4 is 4.90 Å². The molecule has 0 aliphatic carbocycles. The molecular weight excluding hydrogens is 242 g/mol. The predicted molar refractivity (Wildman–Crippen MR) is 91.6 cm³/mol. The zero-order valence-electron chi connectivity index (χ0n) is 13.6. The molecule has 1 rings (SSSR count). The fourth-order valence-corrected chi connectivity index (χ4v) is 2.72. The first-order chi connectivity index (χ1) is 9.88. The summed E-state index contributed by atoms with van der Waals surface area (Å²) < 4.78 is 0. The van der Waals surface area contributed by atoms with Crippen molar-refractivity contribution >= 4 is 5.69 Å². The Morgan fingerprint density at radius 2 is 1.25 bits per heavy atom. The molecule has 0 fully saturated rings. The van der Waals surface area contributed by atoms with Crippen LogP contribution in [0, 0.1) is 0 Å². The topological polar surface area (TPSA) is 3.24 Å². The molecule has 0 spiro atoms. The Morgan fingerprint density at radius 1 is 0.650 bits per heavy atom. The molecule has 20 heavy (non-hydrogen) atoms. The molecule has 0 unspecified atom stereocenters. The van der Waals surface area contributed by atoms with Gasteiger partial charge in [-0.25, -0.2) is 0 Å². The molecule has 0 heterocycles. The first-order valence-electron chi connectivity index (χ1n) is 8.68. The van der Waals surface area contributed by atoms with Gasteiger partial charge in [0.1, 0.15) is 0 Å². The quantitative estimate of drug-likeness (QED) is 0.420. The van der Waals surface area contributed by atoms with Gasteiger partial charge in [0.05, 0.1) is 0 Å². The summed E-state index contributed by atoms with van der Waals surface area (Å²) in [4.78, 5) is 2.54. The molecule has 114 valence electrons. The van der Waals surface area contributed by atoms with Crippen LogP contribution in [0.2, 0.25) is 0 Å². The number of hydrogen-bond acceptors (Lipinski definition) is 1. The maximum atomic E-state index is 2.54. The summed E-state index contributed by atoms with van der Waals surface area (Å²) in [6.45, 7) is 6.95. The number of nitrogens with zero attached hydrogens (tertiary/aromatic N) is 1. The van der Waals surface area contributed by atoms with Crippen molar-refractivity contribution < 1.29 is 0 Å². The highest BCUT2D eigenvalue weighted by molar-refractivity contribution is 5.45. The van der Waals surface area contributed by atoms with Crippen molar-refractivity contribution in [1.29, 1.82) is 0 Å². The Kier molecular flexibility index (Phi) is 10.1. The molecule has 1 aromatic rings. The van der Waals surface area contributed by atoms with Gasteiger partial charge in [0.25, 0.3) is 0 Å². The lowest BCUT2D eigenvalue weighted by Crippen LogP contribution is -2.25. The minimum atomic E-state index is 1.18. The van der Waals surface area contributed by atoms with Crippen LogP contribution in [-0.2, 0) is 0 Å². The number of para-hydroxylation sites is 1. The highest BCUT2D eigenvalue weighted by Gasteiger charge is 2.04. The van der Waals surface area contributed by atoms with Gasteiger partial charge in [-0.2, -0.15) is 0 Å². The number of hydrogen-bond donors (Lipinski definition) is 0. The maximum Gasteiger partial charge on any atom is 0.0366 e. The minimum Gasteiger partial charge on any atom is -0.372 e. The van der Waals surface area contributed by atoms with Crippen LogP contribution in [0.1, 0.15) is 71.6 Å². The fourth-order valence-electron chi connectivity index (χ4n) is 2.72. The van der Waals surface area contributed by atoms with Crippen LogP contribution in [-0.4, -0.2) is 13.1 Å². The summed E-state index contributed by atoms with van der Waals surface area (Å²) in [5, 5.41) is 0. The Morgan fingerprint density at radius 3 is 1.85 bits per heavy atom. The summed E-state index contributed by atoms with van der Waals surface area (Å²) in [6.07, 6.45) is 12.4. The third kappa shape index (κ3) is 7.57. The van der Waals surface area contributed by atoms with Gasteiger partial charge in [-0.1, -0.05) is 77.0 Å². The van der Waals surface area contributed by atoms with Crippen molar-refractivity contribution in [2.45, 2.75) is 71.6 Å². The second-order valence-electron chi connectivity index (χ2n) is 5.80. The SMILES string of the molecule is CCCCCCCCCCN(CCC)c1ccccc1. The van der Waals surface area contributed by atoms with Crippen LogP contribution in [0.15, 0.2) is 30.3 Å². The smallest absolute Gasteiger partial charge is 0.0366 e. The molecule has 0 bridgehead atoms. The molecule has 0 aliphatic rings. The highest BCUT2D eigenvalue weighted by atomic mass is 15.1. The highest BCUT2D eigenvalue weighted by Crippen LogP contribution is 2.15. The van der Waals surface area contributed by atoms with E-state index in [-0.39, 0.29) is 0 Å². The summed E-state index contributed by atoms with van der Waals surface area (Å²) in [5.41, 5.74) is 1.39. The molecule has 0 aliphatic heterocycles. The van der Waals surface area contributed by atoms with E-state index in [0.29, 0.717) is 0 Å². The van der Waals surface area contributed by atoms with Crippen LogP contribution in [0.3, 0.4) is 0 Å². The Bertz CT molecular complexity index is 307. The van der Waals surface area contributed by atoms with Gasteiger partial charge in [0.2, 0.25) is 0 Å². The third-order valence-corrected chi connectivity index (χ3v) is 3.90. The van der Waals surface area contributed by atoms with Gasteiger partial charge < -0.3 is 4.90 Å². The molecule has 1 aromatic carbocycles. The van der Waals surface area contributed by atoms with Crippen molar-refractivity contribution in [2.24, 2.45) is 0 Å². The van der Waals surface area contributed by atoms with E-state index < -0.39 is 0 Å². The van der Waals surface area contributed by atoms with Gasteiger partial charge in [-0.3, -0.25) is 0 Å². The number of benzene rings is 1. The van der Waals surface area contributed by atoms with Crippen molar-refractivity contribution in [3.05, 3.63) is 30.3 Å². The fraction of sp³-hybridized carbons (Fsp3) is 0.684. The van der Waals surface area contributed by atoms with E-state index >= 15 is 0 Å². The van der Waals surface area contributed by atoms with Crippen LogP contribution in [0.4, 0.5) is 5.69 Å². The van der Waals surface area contributed by atoms with Gasteiger partial charge in [-0.05, 0) is 25.0 Å². The normalized spacial score (nSPS) is 10.7. The lowest BCUT2D eigenvalue weighted by atomic mass is 10.1. The predicted octanol–water partition coefficient (Wildman–Crippen LogP) is 6.04. The van der Waals surface area contributed by atoms with E-state index in [9.17, 15) is 0 Å². The third-order valence-electron chi connectivity index (χ3n) is 3.90. The van der Waals surface area contributed by atoms with Gasteiger partial charge in [-0.15, -0.1) is 0 Å². The molecular formula is C19H33N. The number of unbranched alkanes of at least 4 members (excludes halogenated alkanes) is 7. The molecule has 0 aromatic heterocycles. The first-order valence-corrected chi connectivity index (χ1v) is 8.68. The Hall–Kier alpha value is -0.980. The van der Waals surface area contributed by atoms with E-state index in [0.717, 1.165) is 0 Å². The molecule has 0 saturated heterocycles. The lowest BCUT2D eigenvalue weighted by molar-refractivity contribution is 0.570. The standard InChI is InChI=1S/C19H33N/c1-3-5-6-7-8-9-10-14-18-20(17-4-2)19-15-12-11-13-16-19/h11-13,15-16H,3-10,14,17-18H2,1-2H3. The van der Waals surface area contributed by atoms with Crippen molar-refractivity contribution in [3.63, 3.8) is 0 Å². The maximum absolute atomic E-state index is 2.54. The van der Waals surface area contributed by atoms with Gasteiger partial charge >= 0.3 is 0 Å². The summed E-state index contributed by atoms with van der Waals surface area (Å²) >= 11 is 0. The average molecular weight is 275 g/mol. The van der Waals surface area contributed by atoms with E-state index in [4.69, 9.17) is 0 Å². The average Bonchev–Trinajstić information content (AvgIpc) is 2.50. The number of anilines is 1. The van der Waals surface area contributed by atoms with E-state index in [1.807, 2.05) is 0 Å². The van der Waals surface area contributed by atoms with Crippen LogP contribution in [0.5, 0.6) is 0 Å². The summed E-state index contributed by atoms with van der Waals surface area (Å²) in [5.74, 6) is 0. The summed E-state index contributed by atoms with van der Waals surface area (Å²) in [6, 6.07) is 10.9. The number of rotatable bonds is 12. The van der Waals surface area contributed by atoms with Gasteiger partial charge in [0, 0.05) is 18.8 Å². The molecule has 0 radical (unpaired) electrons. The zero-order chi connectivity index (χ0) is 14.5. The lowest BCUT2D eigenvalue weighted by Gasteiger charge is -2.24. The second kappa shape index (κ2) is 11.8. The van der Waals surface area contributed by atoms with E-state index in [1.54, 1.807) is 0 Å². The monoisotopic (exact) mass is 275 g/mol. The van der Waals surface area contributed by atoms with Crippen LogP contribution >= 0.6 is 0 Å². The molecule has 1 heteroatoms.